The number of amides is 1. The van der Waals surface area contributed by atoms with Crippen molar-refractivity contribution < 1.29 is 10.0 Å². The molecule has 2 aromatic rings. The second-order valence-electron chi connectivity index (χ2n) is 4.24. The van der Waals surface area contributed by atoms with Crippen LogP contribution in [-0.2, 0) is 7.05 Å². The van der Waals surface area contributed by atoms with Crippen molar-refractivity contribution in [3.63, 3.8) is 0 Å². The van der Waals surface area contributed by atoms with Gasteiger partial charge in [-0.2, -0.15) is 5.10 Å². The van der Waals surface area contributed by atoms with E-state index in [4.69, 9.17) is 10.9 Å². The van der Waals surface area contributed by atoms with Crippen LogP contribution in [0.5, 0.6) is 0 Å². The number of nitrogens with two attached hydrogens (primary N) is 1. The predicted octanol–water partition coefficient (Wildman–Crippen LogP) is 0.638. The number of oxime groups is 1. The SMILES string of the molecule is Cn1cc(C(=O)NC(/C(N)=N/O)c2ccccc2)cn1. The van der Waals surface area contributed by atoms with Crippen molar-refractivity contribution in [1.82, 2.24) is 15.1 Å². The Bertz CT molecular complexity index is 621. The quantitative estimate of drug-likeness (QED) is 0.329. The number of aryl methyl sites for hydroxylation is 1. The van der Waals surface area contributed by atoms with Crippen LogP contribution in [0.25, 0.3) is 0 Å². The molecule has 1 aromatic heterocycles. The van der Waals surface area contributed by atoms with E-state index in [-0.39, 0.29) is 11.7 Å². The maximum Gasteiger partial charge on any atom is 0.255 e. The van der Waals surface area contributed by atoms with Crippen LogP contribution in [0.4, 0.5) is 0 Å². The standard InChI is InChI=1S/C13H15N5O2/c1-18-8-10(7-15-18)13(19)16-11(12(14)17-20)9-5-3-2-4-6-9/h2-8,11,20H,1H3,(H2,14,17)(H,16,19). The predicted molar refractivity (Wildman–Crippen MR) is 73.3 cm³/mol. The Morgan fingerprint density at radius 2 is 2.15 bits per heavy atom. The zero-order valence-electron chi connectivity index (χ0n) is 10.9. The Morgan fingerprint density at radius 3 is 2.70 bits per heavy atom. The third-order valence-corrected chi connectivity index (χ3v) is 2.79. The lowest BCUT2D eigenvalue weighted by molar-refractivity contribution is 0.0946. The average Bonchev–Trinajstić information content (AvgIpc) is 2.91. The molecule has 0 radical (unpaired) electrons. The Hall–Kier alpha value is -2.83. The molecular weight excluding hydrogens is 258 g/mol. The van der Waals surface area contributed by atoms with Gasteiger partial charge in [-0.25, -0.2) is 0 Å². The molecule has 1 atom stereocenters. The van der Waals surface area contributed by atoms with Gasteiger partial charge in [-0.05, 0) is 5.56 Å². The summed E-state index contributed by atoms with van der Waals surface area (Å²) in [6.07, 6.45) is 3.04. The summed E-state index contributed by atoms with van der Waals surface area (Å²) in [5.74, 6) is -0.438. The van der Waals surface area contributed by atoms with Crippen LogP contribution in [0.15, 0.2) is 47.9 Å². The van der Waals surface area contributed by atoms with Gasteiger partial charge in [0.1, 0.15) is 6.04 Å². The molecule has 0 saturated heterocycles. The first-order chi connectivity index (χ1) is 9.61. The van der Waals surface area contributed by atoms with Gasteiger partial charge in [0.2, 0.25) is 0 Å². The monoisotopic (exact) mass is 273 g/mol. The number of rotatable bonds is 4. The van der Waals surface area contributed by atoms with E-state index in [0.717, 1.165) is 5.56 Å². The summed E-state index contributed by atoms with van der Waals surface area (Å²) in [7, 11) is 1.72. The number of carbonyl (C=O) groups excluding carboxylic acids is 1. The minimum atomic E-state index is -0.700. The number of nitrogens with zero attached hydrogens (tertiary/aromatic N) is 3. The van der Waals surface area contributed by atoms with Gasteiger partial charge in [-0.15, -0.1) is 0 Å². The zero-order chi connectivity index (χ0) is 14.5. The molecule has 0 fully saturated rings. The van der Waals surface area contributed by atoms with E-state index in [2.05, 4.69) is 15.6 Å². The minimum absolute atomic E-state index is 0.0894. The van der Waals surface area contributed by atoms with Crippen LogP contribution in [0.3, 0.4) is 0 Å². The summed E-state index contributed by atoms with van der Waals surface area (Å²) in [6.45, 7) is 0. The smallest absolute Gasteiger partial charge is 0.255 e. The molecule has 20 heavy (non-hydrogen) atoms. The first-order valence-corrected chi connectivity index (χ1v) is 5.93. The van der Waals surface area contributed by atoms with E-state index < -0.39 is 6.04 Å². The Kier molecular flexibility index (Phi) is 3.99. The summed E-state index contributed by atoms with van der Waals surface area (Å²) < 4.78 is 1.52. The van der Waals surface area contributed by atoms with Gasteiger partial charge >= 0.3 is 0 Å². The van der Waals surface area contributed by atoms with Crippen molar-refractivity contribution in [2.45, 2.75) is 6.04 Å². The van der Waals surface area contributed by atoms with Crippen molar-refractivity contribution >= 4 is 11.7 Å². The van der Waals surface area contributed by atoms with Crippen molar-refractivity contribution in [3.05, 3.63) is 53.9 Å². The molecule has 104 valence electrons. The van der Waals surface area contributed by atoms with E-state index in [1.54, 1.807) is 25.4 Å². The molecule has 7 heteroatoms. The molecular formula is C13H15N5O2. The number of amidine groups is 1. The van der Waals surface area contributed by atoms with Crippen LogP contribution >= 0.6 is 0 Å². The van der Waals surface area contributed by atoms with Crippen LogP contribution in [0.1, 0.15) is 22.0 Å². The molecule has 2 rings (SSSR count). The zero-order valence-corrected chi connectivity index (χ0v) is 10.9. The van der Waals surface area contributed by atoms with Gasteiger partial charge in [0.15, 0.2) is 5.84 Å². The molecule has 0 spiro atoms. The fraction of sp³-hybridized carbons (Fsp3) is 0.154. The van der Waals surface area contributed by atoms with Gasteiger partial charge in [-0.3, -0.25) is 9.48 Å². The molecule has 1 unspecified atom stereocenters. The summed E-state index contributed by atoms with van der Waals surface area (Å²) in [5.41, 5.74) is 6.77. The topological polar surface area (TPSA) is 106 Å². The van der Waals surface area contributed by atoms with E-state index in [9.17, 15) is 4.79 Å². The maximum atomic E-state index is 12.1. The van der Waals surface area contributed by atoms with Crippen LogP contribution in [0.2, 0.25) is 0 Å². The van der Waals surface area contributed by atoms with E-state index in [0.29, 0.717) is 5.56 Å². The third kappa shape index (κ3) is 2.94. The second kappa shape index (κ2) is 5.87. The van der Waals surface area contributed by atoms with Crippen LogP contribution < -0.4 is 11.1 Å². The van der Waals surface area contributed by atoms with E-state index in [1.807, 2.05) is 18.2 Å². The van der Waals surface area contributed by atoms with Crippen molar-refractivity contribution in [1.29, 1.82) is 0 Å². The summed E-state index contributed by atoms with van der Waals surface area (Å²) in [4.78, 5) is 12.1. The molecule has 4 N–H and O–H groups in total. The molecule has 1 aromatic carbocycles. The first-order valence-electron chi connectivity index (χ1n) is 5.93. The molecule has 0 aliphatic rings. The molecule has 7 nitrogen and oxygen atoms in total. The number of aromatic nitrogens is 2. The Balaban J connectivity index is 2.23. The van der Waals surface area contributed by atoms with Crippen molar-refractivity contribution in [2.24, 2.45) is 17.9 Å². The molecule has 0 saturated carbocycles. The van der Waals surface area contributed by atoms with Gasteiger partial charge in [0, 0.05) is 13.2 Å². The van der Waals surface area contributed by atoms with Crippen LogP contribution in [-0.4, -0.2) is 26.7 Å². The normalized spacial score (nSPS) is 12.9. The molecule has 0 aliphatic heterocycles. The van der Waals surface area contributed by atoms with E-state index in [1.165, 1.54) is 10.9 Å². The lowest BCUT2D eigenvalue weighted by atomic mass is 10.1. The van der Waals surface area contributed by atoms with Gasteiger partial charge in [0.05, 0.1) is 11.8 Å². The Labute approximate surface area is 115 Å². The van der Waals surface area contributed by atoms with E-state index >= 15 is 0 Å². The van der Waals surface area contributed by atoms with Crippen LogP contribution in [0, 0.1) is 0 Å². The highest BCUT2D eigenvalue weighted by Gasteiger charge is 2.20. The number of hydrogen-bond acceptors (Lipinski definition) is 4. The summed E-state index contributed by atoms with van der Waals surface area (Å²) >= 11 is 0. The number of nitrogens with one attached hydrogen (secondary N) is 1. The summed E-state index contributed by atoms with van der Waals surface area (Å²) in [6, 6.07) is 8.33. The average molecular weight is 273 g/mol. The minimum Gasteiger partial charge on any atom is -0.409 e. The maximum absolute atomic E-state index is 12.1. The number of hydrogen-bond donors (Lipinski definition) is 3. The molecule has 1 amide bonds. The van der Waals surface area contributed by atoms with Crippen molar-refractivity contribution in [3.8, 4) is 0 Å². The highest BCUT2D eigenvalue weighted by Crippen LogP contribution is 2.13. The lowest BCUT2D eigenvalue weighted by Gasteiger charge is -2.17. The highest BCUT2D eigenvalue weighted by atomic mass is 16.4. The summed E-state index contributed by atoms with van der Waals surface area (Å²) in [5, 5.41) is 18.5. The third-order valence-electron chi connectivity index (χ3n) is 2.79. The fourth-order valence-corrected chi connectivity index (χ4v) is 1.78. The fourth-order valence-electron chi connectivity index (χ4n) is 1.78. The largest absolute Gasteiger partial charge is 0.409 e. The Morgan fingerprint density at radius 1 is 1.45 bits per heavy atom. The van der Waals surface area contributed by atoms with Gasteiger partial charge in [-0.1, -0.05) is 35.5 Å². The number of carbonyl (C=O) groups is 1. The van der Waals surface area contributed by atoms with Gasteiger partial charge in [0.25, 0.3) is 5.91 Å². The highest BCUT2D eigenvalue weighted by molar-refractivity contribution is 5.98. The molecule has 1 heterocycles. The second-order valence-corrected chi connectivity index (χ2v) is 4.24. The lowest BCUT2D eigenvalue weighted by Crippen LogP contribution is -2.37. The van der Waals surface area contributed by atoms with Gasteiger partial charge < -0.3 is 16.3 Å². The van der Waals surface area contributed by atoms with Crippen molar-refractivity contribution in [2.75, 3.05) is 0 Å². The molecule has 0 bridgehead atoms. The first kappa shape index (κ1) is 13.6. The molecule has 0 aliphatic carbocycles. The number of benzene rings is 1.